The third kappa shape index (κ3) is 2.14. The molecule has 0 spiro atoms. The van der Waals surface area contributed by atoms with E-state index >= 15 is 0 Å². The molecule has 0 radical (unpaired) electrons. The molecule has 0 fully saturated rings. The summed E-state index contributed by atoms with van der Waals surface area (Å²) in [5, 5.41) is 10.7. The van der Waals surface area contributed by atoms with Crippen molar-refractivity contribution in [3.63, 3.8) is 0 Å². The zero-order valence-electron chi connectivity index (χ0n) is 8.65. The maximum atomic E-state index is 10.7. The van der Waals surface area contributed by atoms with Gasteiger partial charge in [-0.1, -0.05) is 47.5 Å². The highest BCUT2D eigenvalue weighted by Crippen LogP contribution is 2.38. The summed E-state index contributed by atoms with van der Waals surface area (Å²) in [7, 11) is 0. The van der Waals surface area contributed by atoms with Crippen molar-refractivity contribution in [3.05, 3.63) is 52.0 Å². The Hall–Kier alpha value is -1.51. The van der Waals surface area contributed by atoms with Gasteiger partial charge in [-0.15, -0.1) is 0 Å². The Morgan fingerprint density at radius 3 is 2.35 bits per heavy atom. The van der Waals surface area contributed by atoms with E-state index in [9.17, 15) is 9.90 Å². The molecule has 0 aliphatic carbocycles. The molecule has 1 N–H and O–H groups in total. The van der Waals surface area contributed by atoms with Crippen molar-refractivity contribution in [3.8, 4) is 16.9 Å². The monoisotopic (exact) mass is 266 g/mol. The average molecular weight is 267 g/mol. The molecule has 2 rings (SSSR count). The Morgan fingerprint density at radius 2 is 1.65 bits per heavy atom. The number of halogens is 2. The second-order valence-corrected chi connectivity index (χ2v) is 4.25. The maximum absolute atomic E-state index is 10.7. The summed E-state index contributed by atoms with van der Waals surface area (Å²) >= 11 is 12.0. The summed E-state index contributed by atoms with van der Waals surface area (Å²) in [6.07, 6.45) is 0.595. The maximum Gasteiger partial charge on any atom is 0.153 e. The number of carbonyl (C=O) groups is 1. The number of aromatic hydroxyl groups is 1. The van der Waals surface area contributed by atoms with Crippen LogP contribution in [0.1, 0.15) is 10.4 Å². The van der Waals surface area contributed by atoms with Crippen LogP contribution in [0.3, 0.4) is 0 Å². The molecule has 0 aliphatic heterocycles. The van der Waals surface area contributed by atoms with Gasteiger partial charge in [0, 0.05) is 11.1 Å². The number of rotatable bonds is 2. The van der Waals surface area contributed by atoms with Gasteiger partial charge >= 0.3 is 0 Å². The van der Waals surface area contributed by atoms with Gasteiger partial charge in [0.1, 0.15) is 5.75 Å². The largest absolute Gasteiger partial charge is 0.507 e. The molecule has 0 saturated carbocycles. The average Bonchev–Trinajstić information content (AvgIpc) is 2.33. The van der Waals surface area contributed by atoms with Crippen molar-refractivity contribution in [1.82, 2.24) is 0 Å². The van der Waals surface area contributed by atoms with E-state index in [0.29, 0.717) is 27.5 Å². The minimum atomic E-state index is -0.0910. The van der Waals surface area contributed by atoms with E-state index in [-0.39, 0.29) is 11.3 Å². The van der Waals surface area contributed by atoms with E-state index in [2.05, 4.69) is 0 Å². The van der Waals surface area contributed by atoms with Crippen molar-refractivity contribution in [2.75, 3.05) is 0 Å². The number of para-hydroxylation sites is 1. The predicted molar refractivity (Wildman–Crippen MR) is 69.0 cm³/mol. The predicted octanol–water partition coefficient (Wildman–Crippen LogP) is 4.18. The Bertz CT molecular complexity index is 580. The van der Waals surface area contributed by atoms with Crippen molar-refractivity contribution in [2.24, 2.45) is 0 Å². The highest BCUT2D eigenvalue weighted by atomic mass is 35.5. The fourth-order valence-electron chi connectivity index (χ4n) is 1.59. The molecule has 2 aromatic carbocycles. The van der Waals surface area contributed by atoms with Crippen LogP contribution in [-0.4, -0.2) is 11.4 Å². The van der Waals surface area contributed by atoms with Gasteiger partial charge in [-0.25, -0.2) is 0 Å². The van der Waals surface area contributed by atoms with Crippen LogP contribution in [0.2, 0.25) is 10.0 Å². The number of phenolic OH excluding ortho intramolecular Hbond substituents is 1. The fraction of sp³-hybridized carbons (Fsp3) is 0. The molecule has 17 heavy (non-hydrogen) atoms. The highest BCUT2D eigenvalue weighted by molar-refractivity contribution is 6.43. The lowest BCUT2D eigenvalue weighted by atomic mass is 10.0. The quantitative estimate of drug-likeness (QED) is 0.829. The second-order valence-electron chi connectivity index (χ2n) is 3.46. The molecule has 0 aliphatic rings. The van der Waals surface area contributed by atoms with Crippen molar-refractivity contribution in [2.45, 2.75) is 0 Å². The van der Waals surface area contributed by atoms with E-state index in [4.69, 9.17) is 23.2 Å². The number of benzene rings is 2. The number of carbonyl (C=O) groups excluding carboxylic acids is 1. The van der Waals surface area contributed by atoms with Gasteiger partial charge in [-0.2, -0.15) is 0 Å². The van der Waals surface area contributed by atoms with Crippen molar-refractivity contribution in [1.29, 1.82) is 0 Å². The summed E-state index contributed by atoms with van der Waals surface area (Å²) < 4.78 is 0. The third-order valence-corrected chi connectivity index (χ3v) is 3.25. The molecule has 0 amide bonds. The minimum absolute atomic E-state index is 0.0910. The van der Waals surface area contributed by atoms with Gasteiger partial charge in [0.15, 0.2) is 6.29 Å². The van der Waals surface area contributed by atoms with Gasteiger partial charge in [-0.05, 0) is 12.1 Å². The summed E-state index contributed by atoms with van der Waals surface area (Å²) in [5.41, 5.74) is 1.31. The van der Waals surface area contributed by atoms with Crippen molar-refractivity contribution >= 4 is 29.5 Å². The first-order valence-corrected chi connectivity index (χ1v) is 5.62. The molecule has 0 aromatic heterocycles. The minimum Gasteiger partial charge on any atom is -0.507 e. The Labute approximate surface area is 108 Å². The number of hydrogen-bond acceptors (Lipinski definition) is 2. The summed E-state index contributed by atoms with van der Waals surface area (Å²) in [4.78, 5) is 10.7. The molecule has 0 saturated heterocycles. The highest BCUT2D eigenvalue weighted by Gasteiger charge is 2.12. The van der Waals surface area contributed by atoms with Gasteiger partial charge in [0.25, 0.3) is 0 Å². The molecule has 4 heteroatoms. The standard InChI is InChI=1S/C13H8Cl2O2/c14-11-6-2-4-9(12(11)15)10-5-1-3-8(7-16)13(10)17/h1-7,17H. The number of phenols is 1. The first-order chi connectivity index (χ1) is 8.15. The van der Waals surface area contributed by atoms with Crippen molar-refractivity contribution < 1.29 is 9.90 Å². The van der Waals surface area contributed by atoms with Gasteiger partial charge < -0.3 is 5.11 Å². The lowest BCUT2D eigenvalue weighted by Crippen LogP contribution is -1.86. The Morgan fingerprint density at radius 1 is 1.00 bits per heavy atom. The molecule has 0 atom stereocenters. The fourth-order valence-corrected chi connectivity index (χ4v) is 1.99. The molecular formula is C13H8Cl2O2. The first-order valence-electron chi connectivity index (χ1n) is 4.86. The van der Waals surface area contributed by atoms with Crippen LogP contribution < -0.4 is 0 Å². The molecular weight excluding hydrogens is 259 g/mol. The topological polar surface area (TPSA) is 37.3 Å². The molecule has 0 heterocycles. The van der Waals surface area contributed by atoms with E-state index in [1.165, 1.54) is 6.07 Å². The summed E-state index contributed by atoms with van der Waals surface area (Å²) in [5.74, 6) is -0.0910. The molecule has 0 bridgehead atoms. The van der Waals surface area contributed by atoms with Gasteiger partial charge in [0.2, 0.25) is 0 Å². The number of hydrogen-bond donors (Lipinski definition) is 1. The van der Waals surface area contributed by atoms with Crippen LogP contribution >= 0.6 is 23.2 Å². The van der Waals surface area contributed by atoms with Crippen LogP contribution in [0, 0.1) is 0 Å². The van der Waals surface area contributed by atoms with E-state index in [0.717, 1.165) is 0 Å². The second kappa shape index (κ2) is 4.78. The van der Waals surface area contributed by atoms with E-state index < -0.39 is 0 Å². The number of aldehydes is 1. The van der Waals surface area contributed by atoms with Gasteiger partial charge in [-0.3, -0.25) is 4.79 Å². The molecule has 86 valence electrons. The zero-order valence-corrected chi connectivity index (χ0v) is 10.2. The summed E-state index contributed by atoms with van der Waals surface area (Å²) in [6, 6.07) is 10.0. The van der Waals surface area contributed by atoms with Gasteiger partial charge in [0.05, 0.1) is 15.6 Å². The summed E-state index contributed by atoms with van der Waals surface area (Å²) in [6.45, 7) is 0. The Balaban J connectivity index is 2.69. The first kappa shape index (κ1) is 12.0. The Kier molecular flexibility index (Phi) is 3.36. The smallest absolute Gasteiger partial charge is 0.153 e. The molecule has 2 nitrogen and oxygen atoms in total. The van der Waals surface area contributed by atoms with E-state index in [1.54, 1.807) is 30.3 Å². The van der Waals surface area contributed by atoms with Crippen LogP contribution in [0.4, 0.5) is 0 Å². The lowest BCUT2D eigenvalue weighted by Gasteiger charge is -2.09. The normalized spacial score (nSPS) is 10.2. The van der Waals surface area contributed by atoms with E-state index in [1.807, 2.05) is 0 Å². The van der Waals surface area contributed by atoms with Crippen LogP contribution in [0.5, 0.6) is 5.75 Å². The third-order valence-electron chi connectivity index (χ3n) is 2.44. The van der Waals surface area contributed by atoms with Crippen LogP contribution in [0.25, 0.3) is 11.1 Å². The molecule has 0 unspecified atom stereocenters. The molecule has 2 aromatic rings. The zero-order chi connectivity index (χ0) is 12.4. The van der Waals surface area contributed by atoms with Crippen LogP contribution in [0.15, 0.2) is 36.4 Å². The SMILES string of the molecule is O=Cc1cccc(-c2cccc(Cl)c2Cl)c1O. The lowest BCUT2D eigenvalue weighted by molar-refractivity contribution is 0.112. The van der Waals surface area contributed by atoms with Crippen LogP contribution in [-0.2, 0) is 0 Å².